The first-order valence-electron chi connectivity index (χ1n) is 3.92. The van der Waals surface area contributed by atoms with Crippen LogP contribution in [0, 0.1) is 0 Å². The first kappa shape index (κ1) is 10.9. The average Bonchev–Trinajstić information content (AvgIpc) is 1.87. The summed E-state index contributed by atoms with van der Waals surface area (Å²) in [6.45, 7) is 7.14. The maximum Gasteiger partial charge on any atom is 0.0746 e. The number of hydrogen-bond donors (Lipinski definition) is 2. The van der Waals surface area contributed by atoms with Crippen LogP contribution in [0.15, 0.2) is 0 Å². The van der Waals surface area contributed by atoms with Crippen LogP contribution in [0.4, 0.5) is 0 Å². The fraction of sp³-hybridized carbons (Fsp3) is 1.00. The predicted molar refractivity (Wildman–Crippen MR) is 45.6 cm³/mol. The van der Waals surface area contributed by atoms with Crippen LogP contribution in [0.3, 0.4) is 0 Å². The Morgan fingerprint density at radius 3 is 2.45 bits per heavy atom. The minimum Gasteiger partial charge on any atom is -0.392 e. The second-order valence-electron chi connectivity index (χ2n) is 3.44. The van der Waals surface area contributed by atoms with Crippen molar-refractivity contribution in [2.24, 2.45) is 0 Å². The molecule has 68 valence electrons. The van der Waals surface area contributed by atoms with Gasteiger partial charge in [-0.25, -0.2) is 0 Å². The molecule has 0 saturated carbocycles. The standard InChI is InChI=1S/C8H19NO2/c1-7(10)5-9-6-8(2,3)11-4/h7,9-10H,5-6H2,1-4H3. The third-order valence-electron chi connectivity index (χ3n) is 1.54. The van der Waals surface area contributed by atoms with E-state index >= 15 is 0 Å². The van der Waals surface area contributed by atoms with E-state index in [9.17, 15) is 0 Å². The van der Waals surface area contributed by atoms with Crippen LogP contribution in [0.2, 0.25) is 0 Å². The lowest BCUT2D eigenvalue weighted by Crippen LogP contribution is -2.39. The molecule has 0 saturated heterocycles. The highest BCUT2D eigenvalue weighted by molar-refractivity contribution is 4.71. The van der Waals surface area contributed by atoms with Crippen molar-refractivity contribution in [3.05, 3.63) is 0 Å². The number of aliphatic hydroxyl groups is 1. The molecule has 0 aliphatic rings. The van der Waals surface area contributed by atoms with Crippen LogP contribution < -0.4 is 5.32 Å². The number of rotatable bonds is 5. The third kappa shape index (κ3) is 6.28. The summed E-state index contributed by atoms with van der Waals surface area (Å²) in [4.78, 5) is 0. The normalized spacial score (nSPS) is 15.0. The molecule has 1 unspecified atom stereocenters. The molecule has 2 N–H and O–H groups in total. The number of aliphatic hydroxyl groups excluding tert-OH is 1. The first-order valence-corrected chi connectivity index (χ1v) is 3.92. The summed E-state index contributed by atoms with van der Waals surface area (Å²) in [5.74, 6) is 0. The van der Waals surface area contributed by atoms with E-state index < -0.39 is 0 Å². The molecule has 0 spiro atoms. The van der Waals surface area contributed by atoms with Crippen LogP contribution >= 0.6 is 0 Å². The van der Waals surface area contributed by atoms with Gasteiger partial charge in [0, 0.05) is 20.2 Å². The molecule has 0 bridgehead atoms. The zero-order valence-electron chi connectivity index (χ0n) is 7.85. The van der Waals surface area contributed by atoms with E-state index in [0.29, 0.717) is 6.54 Å². The zero-order valence-corrected chi connectivity index (χ0v) is 7.85. The maximum absolute atomic E-state index is 8.92. The predicted octanol–water partition coefficient (Wildman–Crippen LogP) is 0.382. The molecule has 0 aromatic heterocycles. The third-order valence-corrected chi connectivity index (χ3v) is 1.54. The fourth-order valence-electron chi connectivity index (χ4n) is 0.654. The van der Waals surface area contributed by atoms with E-state index in [2.05, 4.69) is 5.32 Å². The van der Waals surface area contributed by atoms with Crippen molar-refractivity contribution in [3.63, 3.8) is 0 Å². The van der Waals surface area contributed by atoms with E-state index in [1.165, 1.54) is 0 Å². The van der Waals surface area contributed by atoms with E-state index in [4.69, 9.17) is 9.84 Å². The van der Waals surface area contributed by atoms with Gasteiger partial charge in [-0.3, -0.25) is 0 Å². The van der Waals surface area contributed by atoms with E-state index in [1.807, 2.05) is 13.8 Å². The topological polar surface area (TPSA) is 41.5 Å². The van der Waals surface area contributed by atoms with Gasteiger partial charge in [0.25, 0.3) is 0 Å². The lowest BCUT2D eigenvalue weighted by atomic mass is 10.1. The van der Waals surface area contributed by atoms with Gasteiger partial charge in [-0.2, -0.15) is 0 Å². The van der Waals surface area contributed by atoms with Crippen molar-refractivity contribution in [1.29, 1.82) is 0 Å². The molecule has 11 heavy (non-hydrogen) atoms. The van der Waals surface area contributed by atoms with Crippen LogP contribution in [0.1, 0.15) is 20.8 Å². The summed E-state index contributed by atoms with van der Waals surface area (Å²) in [6, 6.07) is 0. The van der Waals surface area contributed by atoms with Gasteiger partial charge < -0.3 is 15.2 Å². The molecule has 0 heterocycles. The molecule has 0 radical (unpaired) electrons. The molecule has 0 aromatic carbocycles. The lowest BCUT2D eigenvalue weighted by molar-refractivity contribution is 0.0212. The first-order chi connectivity index (χ1) is 4.98. The number of nitrogens with one attached hydrogen (secondary N) is 1. The Hall–Kier alpha value is -0.120. The van der Waals surface area contributed by atoms with Crippen molar-refractivity contribution in [1.82, 2.24) is 5.32 Å². The number of hydrogen-bond acceptors (Lipinski definition) is 3. The highest BCUT2D eigenvalue weighted by Gasteiger charge is 2.15. The largest absolute Gasteiger partial charge is 0.392 e. The molecule has 0 aliphatic heterocycles. The van der Waals surface area contributed by atoms with Gasteiger partial charge in [0.05, 0.1) is 11.7 Å². The summed E-state index contributed by atoms with van der Waals surface area (Å²) in [5.41, 5.74) is -0.144. The maximum atomic E-state index is 8.92. The Labute approximate surface area is 68.8 Å². The van der Waals surface area contributed by atoms with Gasteiger partial charge in [0.15, 0.2) is 0 Å². The molecule has 0 aromatic rings. The summed E-state index contributed by atoms with van der Waals surface area (Å²) in [6.07, 6.45) is -0.289. The van der Waals surface area contributed by atoms with E-state index in [1.54, 1.807) is 14.0 Å². The molecular formula is C8H19NO2. The Morgan fingerprint density at radius 2 is 2.09 bits per heavy atom. The minimum absolute atomic E-state index is 0.144. The van der Waals surface area contributed by atoms with Gasteiger partial charge in [-0.1, -0.05) is 0 Å². The summed E-state index contributed by atoms with van der Waals surface area (Å²) in [5, 5.41) is 12.0. The van der Waals surface area contributed by atoms with Crippen LogP contribution in [0.5, 0.6) is 0 Å². The molecule has 3 heteroatoms. The van der Waals surface area contributed by atoms with Crippen molar-refractivity contribution in [2.75, 3.05) is 20.2 Å². The van der Waals surface area contributed by atoms with Gasteiger partial charge in [-0.15, -0.1) is 0 Å². The summed E-state index contributed by atoms with van der Waals surface area (Å²) < 4.78 is 5.18. The molecule has 3 nitrogen and oxygen atoms in total. The number of ether oxygens (including phenoxy) is 1. The Balaban J connectivity index is 3.38. The van der Waals surface area contributed by atoms with Crippen molar-refractivity contribution in [3.8, 4) is 0 Å². The highest BCUT2D eigenvalue weighted by Crippen LogP contribution is 2.04. The SMILES string of the molecule is COC(C)(C)CNCC(C)O. The Bertz CT molecular complexity index is 102. The van der Waals surface area contributed by atoms with E-state index in [0.717, 1.165) is 6.54 Å². The van der Waals surface area contributed by atoms with Gasteiger partial charge in [0.2, 0.25) is 0 Å². The monoisotopic (exact) mass is 161 g/mol. The molecule has 0 fully saturated rings. The summed E-state index contributed by atoms with van der Waals surface area (Å²) >= 11 is 0. The molecular weight excluding hydrogens is 142 g/mol. The summed E-state index contributed by atoms with van der Waals surface area (Å²) in [7, 11) is 1.68. The van der Waals surface area contributed by atoms with E-state index in [-0.39, 0.29) is 11.7 Å². The van der Waals surface area contributed by atoms with Gasteiger partial charge >= 0.3 is 0 Å². The van der Waals surface area contributed by atoms with Crippen molar-refractivity contribution >= 4 is 0 Å². The molecule has 1 atom stereocenters. The quantitative estimate of drug-likeness (QED) is 0.612. The second kappa shape index (κ2) is 4.70. The van der Waals surface area contributed by atoms with Crippen LogP contribution in [0.25, 0.3) is 0 Å². The van der Waals surface area contributed by atoms with Crippen LogP contribution in [-0.4, -0.2) is 37.0 Å². The Morgan fingerprint density at radius 1 is 1.55 bits per heavy atom. The number of methoxy groups -OCH3 is 1. The minimum atomic E-state index is -0.289. The molecule has 0 amide bonds. The fourth-order valence-corrected chi connectivity index (χ4v) is 0.654. The van der Waals surface area contributed by atoms with Crippen molar-refractivity contribution < 1.29 is 9.84 Å². The molecule has 0 aliphatic carbocycles. The van der Waals surface area contributed by atoms with Gasteiger partial charge in [0.1, 0.15) is 0 Å². The lowest BCUT2D eigenvalue weighted by Gasteiger charge is -2.23. The smallest absolute Gasteiger partial charge is 0.0746 e. The molecule has 0 rings (SSSR count). The highest BCUT2D eigenvalue weighted by atomic mass is 16.5. The Kier molecular flexibility index (Phi) is 4.65. The van der Waals surface area contributed by atoms with Crippen LogP contribution in [-0.2, 0) is 4.74 Å². The van der Waals surface area contributed by atoms with Crippen molar-refractivity contribution in [2.45, 2.75) is 32.5 Å². The zero-order chi connectivity index (χ0) is 8.91. The van der Waals surface area contributed by atoms with Gasteiger partial charge in [-0.05, 0) is 20.8 Å². The second-order valence-corrected chi connectivity index (χ2v) is 3.44. The average molecular weight is 161 g/mol.